The SMILES string of the molecule is CCCCCCC(F)(CC)C(=O)C=CC1CCC2(OCCO2)C1CCC1SCCS1. The van der Waals surface area contributed by atoms with Gasteiger partial charge in [-0.15, -0.1) is 23.5 Å². The van der Waals surface area contributed by atoms with E-state index >= 15 is 4.39 Å². The summed E-state index contributed by atoms with van der Waals surface area (Å²) in [6, 6.07) is 0. The summed E-state index contributed by atoms with van der Waals surface area (Å²) in [7, 11) is 0. The highest BCUT2D eigenvalue weighted by Crippen LogP contribution is 2.50. The third kappa shape index (κ3) is 6.05. The van der Waals surface area contributed by atoms with Gasteiger partial charge in [0, 0.05) is 23.8 Å². The van der Waals surface area contributed by atoms with E-state index in [-0.39, 0.29) is 24.0 Å². The Hall–Kier alpha value is -0.0400. The fraction of sp³-hybridized carbons (Fsp3) is 0.875. The van der Waals surface area contributed by atoms with Crippen molar-refractivity contribution in [3.8, 4) is 0 Å². The zero-order valence-corrected chi connectivity index (χ0v) is 20.3. The standard InChI is InChI=1S/C24H39FO3S2/c1-3-5-6-7-13-23(25,4-2)21(26)10-8-19-12-14-24(27-15-16-28-24)20(19)9-11-22-29-17-18-30-22/h8,10,19-20,22H,3-7,9,11-18H2,1-2H3. The van der Waals surface area contributed by atoms with Crippen molar-refractivity contribution in [3.05, 3.63) is 12.2 Å². The van der Waals surface area contributed by atoms with Gasteiger partial charge in [-0.05, 0) is 50.5 Å². The molecule has 0 aromatic carbocycles. The van der Waals surface area contributed by atoms with Crippen LogP contribution in [0.3, 0.4) is 0 Å². The molecule has 3 fully saturated rings. The lowest BCUT2D eigenvalue weighted by Crippen LogP contribution is -2.37. The van der Waals surface area contributed by atoms with Crippen LogP contribution in [-0.4, -0.2) is 46.5 Å². The predicted octanol–water partition coefficient (Wildman–Crippen LogP) is 6.56. The lowest BCUT2D eigenvalue weighted by molar-refractivity contribution is -0.185. The number of carbonyl (C=O) groups excluding carboxylic acids is 1. The Labute approximate surface area is 190 Å². The molecule has 2 saturated heterocycles. The maximum Gasteiger partial charge on any atom is 0.192 e. The van der Waals surface area contributed by atoms with Crippen molar-refractivity contribution >= 4 is 29.3 Å². The highest BCUT2D eigenvalue weighted by Gasteiger charge is 2.52. The van der Waals surface area contributed by atoms with Crippen molar-refractivity contribution in [2.75, 3.05) is 24.7 Å². The van der Waals surface area contributed by atoms with Crippen LogP contribution in [-0.2, 0) is 14.3 Å². The van der Waals surface area contributed by atoms with E-state index in [9.17, 15) is 4.79 Å². The van der Waals surface area contributed by atoms with Gasteiger partial charge in [0.15, 0.2) is 17.2 Å². The van der Waals surface area contributed by atoms with Gasteiger partial charge in [0.2, 0.25) is 0 Å². The second-order valence-corrected chi connectivity index (χ2v) is 11.8. The van der Waals surface area contributed by atoms with E-state index in [1.165, 1.54) is 11.5 Å². The van der Waals surface area contributed by atoms with Crippen molar-refractivity contribution in [3.63, 3.8) is 0 Å². The van der Waals surface area contributed by atoms with Gasteiger partial charge in [0.1, 0.15) is 0 Å². The molecule has 3 rings (SSSR count). The third-order valence-electron chi connectivity index (χ3n) is 7.01. The van der Waals surface area contributed by atoms with E-state index < -0.39 is 11.5 Å². The van der Waals surface area contributed by atoms with E-state index in [0.29, 0.717) is 24.2 Å². The van der Waals surface area contributed by atoms with Gasteiger partial charge < -0.3 is 9.47 Å². The summed E-state index contributed by atoms with van der Waals surface area (Å²) in [6.45, 7) is 5.24. The average molecular weight is 459 g/mol. The first-order valence-electron chi connectivity index (χ1n) is 12.0. The Morgan fingerprint density at radius 3 is 2.53 bits per heavy atom. The monoisotopic (exact) mass is 458 g/mol. The first-order valence-corrected chi connectivity index (χ1v) is 14.1. The number of halogens is 1. The highest BCUT2D eigenvalue weighted by atomic mass is 32.2. The molecule has 6 heteroatoms. The normalized spacial score (nSPS) is 28.6. The minimum absolute atomic E-state index is 0.227. The van der Waals surface area contributed by atoms with E-state index in [0.717, 1.165) is 51.4 Å². The maximum absolute atomic E-state index is 15.3. The molecule has 3 atom stereocenters. The summed E-state index contributed by atoms with van der Waals surface area (Å²) in [5, 5.41) is 0. The number of thioether (sulfide) groups is 2. The molecule has 1 saturated carbocycles. The molecule has 3 unspecified atom stereocenters. The van der Waals surface area contributed by atoms with Crippen LogP contribution in [0.5, 0.6) is 0 Å². The molecule has 0 aromatic rings. The van der Waals surface area contributed by atoms with Crippen LogP contribution in [0.15, 0.2) is 12.2 Å². The minimum Gasteiger partial charge on any atom is -0.347 e. The van der Waals surface area contributed by atoms with Crippen molar-refractivity contribution < 1.29 is 18.7 Å². The van der Waals surface area contributed by atoms with Crippen LogP contribution in [0.25, 0.3) is 0 Å². The number of hydrogen-bond acceptors (Lipinski definition) is 5. The summed E-state index contributed by atoms with van der Waals surface area (Å²) in [5.41, 5.74) is -1.71. The quantitative estimate of drug-likeness (QED) is 0.245. The number of ketones is 1. The third-order valence-corrected chi connectivity index (χ3v) is 10.2. The molecular weight excluding hydrogens is 419 g/mol. The van der Waals surface area contributed by atoms with Crippen LogP contribution >= 0.6 is 23.5 Å². The topological polar surface area (TPSA) is 35.5 Å². The minimum atomic E-state index is -1.71. The van der Waals surface area contributed by atoms with Crippen LogP contribution in [0.2, 0.25) is 0 Å². The van der Waals surface area contributed by atoms with Crippen LogP contribution < -0.4 is 0 Å². The zero-order valence-electron chi connectivity index (χ0n) is 18.7. The van der Waals surface area contributed by atoms with Crippen molar-refractivity contribution in [1.29, 1.82) is 0 Å². The largest absolute Gasteiger partial charge is 0.347 e. The summed E-state index contributed by atoms with van der Waals surface area (Å²) < 4.78 is 28.2. The molecule has 1 aliphatic carbocycles. The van der Waals surface area contributed by atoms with E-state index in [4.69, 9.17) is 9.47 Å². The average Bonchev–Trinajstić information content (AvgIpc) is 3.51. The summed E-state index contributed by atoms with van der Waals surface area (Å²) in [6.07, 6.45) is 12.1. The van der Waals surface area contributed by atoms with E-state index in [2.05, 4.69) is 30.4 Å². The van der Waals surface area contributed by atoms with Crippen LogP contribution in [0, 0.1) is 11.8 Å². The molecule has 3 nitrogen and oxygen atoms in total. The molecule has 0 bridgehead atoms. The Balaban J connectivity index is 1.61. The van der Waals surface area contributed by atoms with Crippen molar-refractivity contribution in [2.24, 2.45) is 11.8 Å². The van der Waals surface area contributed by atoms with Crippen LogP contribution in [0.1, 0.15) is 78.1 Å². The first kappa shape index (κ1) is 24.6. The van der Waals surface area contributed by atoms with Crippen molar-refractivity contribution in [2.45, 2.75) is 94.1 Å². The molecule has 0 radical (unpaired) electrons. The second kappa shape index (κ2) is 11.7. The molecule has 2 heterocycles. The fourth-order valence-electron chi connectivity index (χ4n) is 5.13. The van der Waals surface area contributed by atoms with Crippen molar-refractivity contribution in [1.82, 2.24) is 0 Å². The first-order chi connectivity index (χ1) is 14.5. The van der Waals surface area contributed by atoms with Gasteiger partial charge in [-0.1, -0.05) is 39.2 Å². The molecule has 3 aliphatic rings. The van der Waals surface area contributed by atoms with Gasteiger partial charge >= 0.3 is 0 Å². The number of carbonyl (C=O) groups is 1. The number of ether oxygens (including phenoxy) is 2. The van der Waals surface area contributed by atoms with Gasteiger partial charge in [-0.3, -0.25) is 4.79 Å². The van der Waals surface area contributed by atoms with Gasteiger partial charge in [-0.25, -0.2) is 4.39 Å². The Bertz CT molecular complexity index is 573. The number of unbranched alkanes of at least 4 members (excludes halogenated alkanes) is 3. The van der Waals surface area contributed by atoms with Crippen LogP contribution in [0.4, 0.5) is 4.39 Å². The molecule has 2 aliphatic heterocycles. The van der Waals surface area contributed by atoms with E-state index in [1.54, 1.807) is 13.0 Å². The molecule has 1 spiro atoms. The second-order valence-electron chi connectivity index (χ2n) is 8.92. The van der Waals surface area contributed by atoms with Gasteiger partial charge in [-0.2, -0.15) is 0 Å². The number of hydrogen-bond donors (Lipinski definition) is 0. The molecule has 30 heavy (non-hydrogen) atoms. The maximum atomic E-state index is 15.3. The van der Waals surface area contributed by atoms with E-state index in [1.807, 2.05) is 6.08 Å². The molecule has 0 aromatic heterocycles. The summed E-state index contributed by atoms with van der Waals surface area (Å²) in [5.74, 6) is 2.13. The summed E-state index contributed by atoms with van der Waals surface area (Å²) >= 11 is 4.11. The molecule has 0 N–H and O–H groups in total. The molecule has 0 amide bonds. The predicted molar refractivity (Wildman–Crippen MR) is 126 cm³/mol. The Morgan fingerprint density at radius 2 is 1.87 bits per heavy atom. The number of rotatable bonds is 12. The Morgan fingerprint density at radius 1 is 1.13 bits per heavy atom. The number of alkyl halides is 1. The smallest absolute Gasteiger partial charge is 0.192 e. The molecule has 172 valence electrons. The highest BCUT2D eigenvalue weighted by molar-refractivity contribution is 8.20. The fourth-order valence-corrected chi connectivity index (χ4v) is 7.99. The number of allylic oxidation sites excluding steroid dienone is 2. The van der Waals surface area contributed by atoms with Gasteiger partial charge in [0.25, 0.3) is 0 Å². The van der Waals surface area contributed by atoms with Gasteiger partial charge in [0.05, 0.1) is 17.8 Å². The zero-order chi connectivity index (χ0) is 21.5. The lowest BCUT2D eigenvalue weighted by atomic mass is 9.86. The lowest BCUT2D eigenvalue weighted by Gasteiger charge is -2.32. The molecular formula is C24H39FO3S2. The Kier molecular flexibility index (Phi) is 9.61. The summed E-state index contributed by atoms with van der Waals surface area (Å²) in [4.78, 5) is 12.8.